The third-order valence-electron chi connectivity index (χ3n) is 18.5. The Kier molecular flexibility index (Phi) is 11.0. The van der Waals surface area contributed by atoms with Gasteiger partial charge in [0.15, 0.2) is 5.78 Å². The third kappa shape index (κ3) is 6.74. The Bertz CT molecular complexity index is 1890. The van der Waals surface area contributed by atoms with Crippen LogP contribution in [0.1, 0.15) is 151 Å². The number of rotatable bonds is 11. The number of carboxylic acids is 1. The van der Waals surface area contributed by atoms with Crippen LogP contribution < -0.4 is 10.6 Å². The Labute approximate surface area is 352 Å². The van der Waals surface area contributed by atoms with Crippen LogP contribution in [0.5, 0.6) is 0 Å². The van der Waals surface area contributed by atoms with E-state index in [-0.39, 0.29) is 57.3 Å². The second-order valence-electron chi connectivity index (χ2n) is 22.9. The number of nitrogens with zero attached hydrogens (tertiary/aromatic N) is 1. The molecular weight excluding hydrogens is 743 g/mol. The van der Waals surface area contributed by atoms with Crippen molar-refractivity contribution in [2.24, 2.45) is 68.0 Å². The molecule has 0 radical (unpaired) electrons. The minimum atomic E-state index is -0.838. The minimum absolute atomic E-state index is 0.0235. The Morgan fingerprint density at radius 3 is 2.19 bits per heavy atom. The van der Waals surface area contributed by atoms with Crippen molar-refractivity contribution < 1.29 is 34.1 Å². The van der Waals surface area contributed by atoms with E-state index in [1.807, 2.05) is 27.7 Å². The van der Waals surface area contributed by atoms with E-state index in [0.29, 0.717) is 43.3 Å². The third-order valence-corrected chi connectivity index (χ3v) is 18.5. The van der Waals surface area contributed by atoms with Gasteiger partial charge in [0, 0.05) is 53.8 Å². The molecule has 326 valence electrons. The van der Waals surface area contributed by atoms with E-state index in [4.69, 9.17) is 4.74 Å². The normalized spacial score (nSPS) is 38.9. The van der Waals surface area contributed by atoms with Gasteiger partial charge in [0.25, 0.3) is 5.91 Å². The van der Waals surface area contributed by atoms with Crippen LogP contribution in [0, 0.1) is 68.0 Å². The number of allylic oxidation sites excluding steroid dienone is 1. The van der Waals surface area contributed by atoms with Crippen LogP contribution in [0.4, 0.5) is 0 Å². The molecule has 0 aliphatic heterocycles. The number of aliphatic hydroxyl groups excluding tert-OH is 1. The number of nitrogens with one attached hydrogen (secondary N) is 2. The summed E-state index contributed by atoms with van der Waals surface area (Å²) in [5.41, 5.74) is 0.744. The molecule has 4 N–H and O–H groups in total. The van der Waals surface area contributed by atoms with Crippen LogP contribution in [0.2, 0.25) is 0 Å². The summed E-state index contributed by atoms with van der Waals surface area (Å²) in [6.45, 7) is 25.0. The molecule has 10 heteroatoms. The van der Waals surface area contributed by atoms with E-state index in [9.17, 15) is 29.4 Å². The Balaban J connectivity index is 1.09. The number of carbonyl (C=O) groups excluding carboxylic acids is 3. The quantitative estimate of drug-likeness (QED) is 0.162. The van der Waals surface area contributed by atoms with Crippen LogP contribution in [0.15, 0.2) is 35.7 Å². The SMILES string of the molecule is CC(C)C1=C2[C@H]3CC[C@@H]4[C@@]5(C)CC[C@H](OC(=O)[C@H]6C[C@@H](C(=O)O)C6(C)C)C(C)(C)[C@@H]5CC[C@@]4(C)[C@]3(C)CC[C@@]2([C@@H](O)CNCC(C)(C)NC(=O)c2ccncc2)CC1=O. The highest BCUT2D eigenvalue weighted by molar-refractivity contribution is 6.01. The number of aliphatic carboxylic acids is 1. The molecule has 0 saturated heterocycles. The molecule has 1 aromatic rings. The number of Topliss-reactive ketones (excluding diaryl/α,β-unsaturated/α-hetero) is 1. The summed E-state index contributed by atoms with van der Waals surface area (Å²) in [5, 5.41) is 28.6. The largest absolute Gasteiger partial charge is 0.481 e. The lowest BCUT2D eigenvalue weighted by atomic mass is 9.33. The van der Waals surface area contributed by atoms with Gasteiger partial charge in [-0.15, -0.1) is 0 Å². The predicted octanol–water partition coefficient (Wildman–Crippen LogP) is 8.18. The summed E-state index contributed by atoms with van der Waals surface area (Å²) in [7, 11) is 0. The van der Waals surface area contributed by atoms with Crippen LogP contribution in [-0.4, -0.2) is 69.7 Å². The molecule has 0 unspecified atom stereocenters. The van der Waals surface area contributed by atoms with Crippen LogP contribution >= 0.6 is 0 Å². The molecule has 0 bridgehead atoms. The van der Waals surface area contributed by atoms with Gasteiger partial charge in [-0.25, -0.2) is 0 Å². The van der Waals surface area contributed by atoms with Crippen molar-refractivity contribution in [3.8, 4) is 0 Å². The van der Waals surface area contributed by atoms with E-state index >= 15 is 0 Å². The van der Waals surface area contributed by atoms with Gasteiger partial charge in [-0.3, -0.25) is 24.2 Å². The van der Waals surface area contributed by atoms with Gasteiger partial charge in [-0.2, -0.15) is 0 Å². The van der Waals surface area contributed by atoms with Crippen molar-refractivity contribution in [1.82, 2.24) is 15.6 Å². The highest BCUT2D eigenvalue weighted by Crippen LogP contribution is 2.77. The van der Waals surface area contributed by atoms with E-state index in [2.05, 4.69) is 64.1 Å². The van der Waals surface area contributed by atoms with E-state index in [1.165, 1.54) is 5.57 Å². The minimum Gasteiger partial charge on any atom is -0.481 e. The fourth-order valence-corrected chi connectivity index (χ4v) is 14.9. The molecule has 59 heavy (non-hydrogen) atoms. The second kappa shape index (κ2) is 14.8. The average Bonchev–Trinajstić information content (AvgIpc) is 3.45. The van der Waals surface area contributed by atoms with Crippen LogP contribution in [-0.2, 0) is 19.1 Å². The van der Waals surface area contributed by atoms with Gasteiger partial charge in [-0.05, 0) is 135 Å². The van der Waals surface area contributed by atoms with Crippen LogP contribution in [0.25, 0.3) is 0 Å². The fourth-order valence-electron chi connectivity index (χ4n) is 14.9. The maximum atomic E-state index is 14.2. The standard InChI is InChI=1S/C49H73N3O7/c1-28(2)38-33(53)25-49(36(54)26-51-27-43(3,4)52-40(55)29-16-22-50-23-17-29)21-20-47(10)30(39(38)49)12-13-35-46(9)18-15-37(45(7,8)34(46)14-19-48(35,47)11)59-42(58)32-24-31(41(56)57)44(32,5)6/h16-17,22-23,28,30-32,34-37,51,54H,12-15,18-21,24-27H2,1-11H3,(H,52,55)(H,56,57)/t30-,31+,32-,34+,35-,36+,37+,46+,47-,48-,49+/m1/s1. The van der Waals surface area contributed by atoms with Crippen LogP contribution in [0.3, 0.4) is 0 Å². The zero-order valence-electron chi connectivity index (χ0n) is 37.8. The molecule has 5 saturated carbocycles. The van der Waals surface area contributed by atoms with Gasteiger partial charge in [-0.1, -0.05) is 67.9 Å². The number of aromatic nitrogens is 1. The molecule has 11 atom stereocenters. The second-order valence-corrected chi connectivity index (χ2v) is 22.9. The number of ether oxygens (including phenoxy) is 1. The van der Waals surface area contributed by atoms with Crippen molar-refractivity contribution in [2.45, 2.75) is 158 Å². The first-order valence-corrected chi connectivity index (χ1v) is 22.7. The molecule has 6 aliphatic carbocycles. The molecule has 0 spiro atoms. The summed E-state index contributed by atoms with van der Waals surface area (Å²) in [6, 6.07) is 3.39. The van der Waals surface area contributed by atoms with Gasteiger partial charge >= 0.3 is 11.9 Å². The summed E-state index contributed by atoms with van der Waals surface area (Å²) in [4.78, 5) is 56.6. The van der Waals surface area contributed by atoms with Gasteiger partial charge < -0.3 is 25.6 Å². The monoisotopic (exact) mass is 816 g/mol. The number of aliphatic hydroxyl groups is 1. The topological polar surface area (TPSA) is 155 Å². The summed E-state index contributed by atoms with van der Waals surface area (Å²) >= 11 is 0. The maximum absolute atomic E-state index is 14.2. The number of carboxylic acid groups (broad SMARTS) is 1. The number of hydrogen-bond acceptors (Lipinski definition) is 8. The smallest absolute Gasteiger partial charge is 0.309 e. The maximum Gasteiger partial charge on any atom is 0.309 e. The predicted molar refractivity (Wildman–Crippen MR) is 227 cm³/mol. The number of hydrogen-bond donors (Lipinski definition) is 4. The van der Waals surface area contributed by atoms with E-state index < -0.39 is 40.3 Å². The average molecular weight is 816 g/mol. The van der Waals surface area contributed by atoms with Crippen molar-refractivity contribution in [3.63, 3.8) is 0 Å². The Hall–Kier alpha value is -3.11. The number of carbonyl (C=O) groups is 4. The number of amides is 1. The lowest BCUT2D eigenvalue weighted by molar-refractivity contribution is -0.238. The van der Waals surface area contributed by atoms with Gasteiger partial charge in [0.05, 0.1) is 17.9 Å². The summed E-state index contributed by atoms with van der Waals surface area (Å²) in [5.74, 6) is -0.842. The molecule has 0 aromatic carbocycles. The Morgan fingerprint density at radius 2 is 1.56 bits per heavy atom. The molecule has 1 amide bonds. The number of esters is 1. The highest BCUT2D eigenvalue weighted by Gasteiger charge is 2.71. The molecule has 6 aliphatic rings. The Morgan fingerprint density at radius 1 is 0.881 bits per heavy atom. The number of pyridine rings is 1. The molecule has 5 fully saturated rings. The highest BCUT2D eigenvalue weighted by atomic mass is 16.5. The van der Waals surface area contributed by atoms with E-state index in [0.717, 1.165) is 56.9 Å². The fraction of sp³-hybridized carbons (Fsp3) is 0.776. The van der Waals surface area contributed by atoms with Crippen molar-refractivity contribution >= 4 is 23.6 Å². The number of fused-ring (bicyclic) bond motifs is 7. The molecule has 7 rings (SSSR count). The molecule has 10 nitrogen and oxygen atoms in total. The van der Waals surface area contributed by atoms with E-state index in [1.54, 1.807) is 24.5 Å². The van der Waals surface area contributed by atoms with Crippen molar-refractivity contribution in [2.75, 3.05) is 13.1 Å². The first kappa shape index (κ1) is 44.0. The van der Waals surface area contributed by atoms with Gasteiger partial charge in [0.2, 0.25) is 0 Å². The molecular formula is C49H73N3O7. The summed E-state index contributed by atoms with van der Waals surface area (Å²) in [6.07, 6.45) is 10.6. The molecule has 1 heterocycles. The zero-order chi connectivity index (χ0) is 43.3. The first-order valence-electron chi connectivity index (χ1n) is 22.7. The zero-order valence-corrected chi connectivity index (χ0v) is 37.8. The first-order chi connectivity index (χ1) is 27.4. The van der Waals surface area contributed by atoms with Gasteiger partial charge in [0.1, 0.15) is 6.10 Å². The lowest BCUT2D eigenvalue weighted by Crippen LogP contribution is -2.66. The summed E-state index contributed by atoms with van der Waals surface area (Å²) < 4.78 is 6.42. The van der Waals surface area contributed by atoms with Crippen molar-refractivity contribution in [1.29, 1.82) is 0 Å². The number of ketones is 1. The van der Waals surface area contributed by atoms with Crippen molar-refractivity contribution in [3.05, 3.63) is 41.2 Å². The lowest BCUT2D eigenvalue weighted by Gasteiger charge is -2.72. The molecule has 1 aromatic heterocycles.